The minimum absolute atomic E-state index is 0.406. The smallest absolute Gasteiger partial charge is 0.340 e. The maximum Gasteiger partial charge on any atom is 0.340 e. The van der Waals surface area contributed by atoms with Crippen LogP contribution in [0.1, 0.15) is 15.9 Å². The van der Waals surface area contributed by atoms with Crippen molar-refractivity contribution >= 4 is 28.9 Å². The van der Waals surface area contributed by atoms with Gasteiger partial charge in [-0.25, -0.2) is 4.79 Å². The fourth-order valence-electron chi connectivity index (χ4n) is 2.03. The van der Waals surface area contributed by atoms with Crippen molar-refractivity contribution < 1.29 is 9.53 Å². The second kappa shape index (κ2) is 6.99. The Morgan fingerprint density at radius 2 is 1.95 bits per heavy atom. The fraction of sp³-hybridized carbons (Fsp3) is 0.188. The Morgan fingerprint density at radius 1 is 1.24 bits per heavy atom. The van der Waals surface area contributed by atoms with Gasteiger partial charge in [0.2, 0.25) is 0 Å². The first-order valence-corrected chi connectivity index (χ1v) is 6.94. The normalized spacial score (nSPS) is 10.2. The zero-order chi connectivity index (χ0) is 15.2. The number of benzene rings is 2. The quantitative estimate of drug-likeness (QED) is 0.656. The number of esters is 1. The van der Waals surface area contributed by atoms with Gasteiger partial charge >= 0.3 is 5.97 Å². The molecule has 2 aromatic carbocycles. The fourth-order valence-corrected chi connectivity index (χ4v) is 2.16. The highest BCUT2D eigenvalue weighted by Crippen LogP contribution is 2.24. The van der Waals surface area contributed by atoms with Crippen LogP contribution in [0.4, 0.5) is 11.4 Å². The minimum Gasteiger partial charge on any atom is -0.465 e. The molecule has 0 atom stereocenters. The third kappa shape index (κ3) is 3.89. The van der Waals surface area contributed by atoms with Gasteiger partial charge in [-0.3, -0.25) is 0 Å². The second-order valence-corrected chi connectivity index (χ2v) is 5.00. The molecule has 0 bridgehead atoms. The van der Waals surface area contributed by atoms with E-state index in [1.807, 2.05) is 24.3 Å². The number of carbonyl (C=O) groups excluding carboxylic acids is 1. The van der Waals surface area contributed by atoms with Crippen molar-refractivity contribution in [1.29, 1.82) is 0 Å². The average molecular weight is 305 g/mol. The Bertz CT molecular complexity index is 627. The highest BCUT2D eigenvalue weighted by Gasteiger charge is 2.13. The molecular formula is C16H17ClN2O2. The van der Waals surface area contributed by atoms with Crippen LogP contribution in [0.25, 0.3) is 0 Å². The van der Waals surface area contributed by atoms with E-state index in [-0.39, 0.29) is 0 Å². The first-order chi connectivity index (χ1) is 10.1. The summed E-state index contributed by atoms with van der Waals surface area (Å²) in [6.07, 6.45) is 0.798. The molecule has 0 spiro atoms. The number of methoxy groups -OCH3 is 1. The molecular weight excluding hydrogens is 288 g/mol. The lowest BCUT2D eigenvalue weighted by atomic mass is 10.1. The van der Waals surface area contributed by atoms with E-state index in [1.54, 1.807) is 18.2 Å². The number of ether oxygens (including phenoxy) is 1. The highest BCUT2D eigenvalue weighted by molar-refractivity contribution is 6.30. The molecule has 21 heavy (non-hydrogen) atoms. The topological polar surface area (TPSA) is 64.3 Å². The number of rotatable bonds is 5. The summed E-state index contributed by atoms with van der Waals surface area (Å²) in [5.41, 5.74) is 8.65. The summed E-state index contributed by atoms with van der Waals surface area (Å²) in [4.78, 5) is 11.7. The maximum absolute atomic E-state index is 11.7. The molecule has 0 heterocycles. The summed E-state index contributed by atoms with van der Waals surface area (Å²) < 4.78 is 4.76. The van der Waals surface area contributed by atoms with Crippen molar-refractivity contribution in [2.45, 2.75) is 6.42 Å². The molecule has 0 amide bonds. The molecule has 2 rings (SSSR count). The largest absolute Gasteiger partial charge is 0.465 e. The zero-order valence-corrected chi connectivity index (χ0v) is 12.5. The van der Waals surface area contributed by atoms with Gasteiger partial charge in [-0.05, 0) is 36.2 Å². The van der Waals surface area contributed by atoms with Crippen LogP contribution in [0.3, 0.4) is 0 Å². The molecule has 4 nitrogen and oxygen atoms in total. The lowest BCUT2D eigenvalue weighted by Gasteiger charge is -2.13. The van der Waals surface area contributed by atoms with Crippen LogP contribution in [0.5, 0.6) is 0 Å². The number of hydrogen-bond acceptors (Lipinski definition) is 4. The summed E-state index contributed by atoms with van der Waals surface area (Å²) in [7, 11) is 1.35. The van der Waals surface area contributed by atoms with Crippen LogP contribution < -0.4 is 11.1 Å². The second-order valence-electron chi connectivity index (χ2n) is 4.56. The van der Waals surface area contributed by atoms with E-state index in [0.29, 0.717) is 28.5 Å². The number of nitrogen functional groups attached to an aromatic ring is 1. The van der Waals surface area contributed by atoms with Crippen LogP contribution in [-0.2, 0) is 11.2 Å². The molecule has 0 aliphatic carbocycles. The van der Waals surface area contributed by atoms with Gasteiger partial charge in [0, 0.05) is 11.6 Å². The van der Waals surface area contributed by atoms with E-state index >= 15 is 0 Å². The van der Waals surface area contributed by atoms with Gasteiger partial charge in [-0.1, -0.05) is 29.8 Å². The lowest BCUT2D eigenvalue weighted by molar-refractivity contribution is 0.0602. The number of halogens is 1. The summed E-state index contributed by atoms with van der Waals surface area (Å²) in [6.45, 7) is 0.653. The number of nitrogens with one attached hydrogen (secondary N) is 1. The van der Waals surface area contributed by atoms with Gasteiger partial charge in [0.1, 0.15) is 0 Å². The SMILES string of the molecule is COC(=O)c1cccc(N)c1NCCc1ccc(Cl)cc1. The molecule has 2 aromatic rings. The third-order valence-corrected chi connectivity index (χ3v) is 3.38. The van der Waals surface area contributed by atoms with Crippen molar-refractivity contribution in [3.63, 3.8) is 0 Å². The molecule has 0 fully saturated rings. The van der Waals surface area contributed by atoms with Gasteiger partial charge in [0.05, 0.1) is 24.0 Å². The van der Waals surface area contributed by atoms with E-state index in [1.165, 1.54) is 7.11 Å². The van der Waals surface area contributed by atoms with Crippen molar-refractivity contribution in [3.8, 4) is 0 Å². The number of carbonyl (C=O) groups is 1. The minimum atomic E-state index is -0.406. The first-order valence-electron chi connectivity index (χ1n) is 6.57. The van der Waals surface area contributed by atoms with Gasteiger partial charge in [0.25, 0.3) is 0 Å². The number of hydrogen-bond donors (Lipinski definition) is 2. The molecule has 0 saturated heterocycles. The van der Waals surface area contributed by atoms with Gasteiger partial charge in [-0.2, -0.15) is 0 Å². The Kier molecular flexibility index (Phi) is 5.06. The van der Waals surface area contributed by atoms with Crippen molar-refractivity contribution in [2.75, 3.05) is 24.7 Å². The van der Waals surface area contributed by atoms with Crippen LogP contribution in [0.2, 0.25) is 5.02 Å². The van der Waals surface area contributed by atoms with Crippen molar-refractivity contribution in [3.05, 3.63) is 58.6 Å². The molecule has 0 saturated carbocycles. The predicted molar refractivity (Wildman–Crippen MR) is 85.8 cm³/mol. The molecule has 3 N–H and O–H groups in total. The third-order valence-electron chi connectivity index (χ3n) is 3.13. The van der Waals surface area contributed by atoms with E-state index in [0.717, 1.165) is 12.0 Å². The molecule has 0 aliphatic rings. The zero-order valence-electron chi connectivity index (χ0n) is 11.7. The van der Waals surface area contributed by atoms with Crippen LogP contribution in [0, 0.1) is 0 Å². The molecule has 0 aromatic heterocycles. The number of nitrogens with two attached hydrogens (primary N) is 1. The summed E-state index contributed by atoms with van der Waals surface area (Å²) in [5, 5.41) is 3.92. The maximum atomic E-state index is 11.7. The Hall–Kier alpha value is -2.20. The molecule has 0 unspecified atom stereocenters. The highest BCUT2D eigenvalue weighted by atomic mass is 35.5. The van der Waals surface area contributed by atoms with Crippen LogP contribution in [0.15, 0.2) is 42.5 Å². The number of anilines is 2. The van der Waals surface area contributed by atoms with Crippen molar-refractivity contribution in [1.82, 2.24) is 0 Å². The molecule has 110 valence electrons. The van der Waals surface area contributed by atoms with E-state index in [4.69, 9.17) is 22.1 Å². The van der Waals surface area contributed by atoms with Gasteiger partial charge in [0.15, 0.2) is 0 Å². The molecule has 0 aliphatic heterocycles. The standard InChI is InChI=1S/C16H17ClN2O2/c1-21-16(20)13-3-2-4-14(18)15(13)19-10-9-11-5-7-12(17)8-6-11/h2-8,19H,9-10,18H2,1H3. The predicted octanol–water partition coefficient (Wildman–Crippen LogP) is 3.36. The van der Waals surface area contributed by atoms with E-state index < -0.39 is 5.97 Å². The summed E-state index contributed by atoms with van der Waals surface area (Å²) in [6, 6.07) is 12.8. The Balaban J connectivity index is 2.06. The lowest BCUT2D eigenvalue weighted by Crippen LogP contribution is -2.12. The van der Waals surface area contributed by atoms with E-state index in [9.17, 15) is 4.79 Å². The first kappa shape index (κ1) is 15.2. The summed E-state index contributed by atoms with van der Waals surface area (Å²) in [5.74, 6) is -0.406. The average Bonchev–Trinajstić information content (AvgIpc) is 2.50. The number of para-hydroxylation sites is 1. The van der Waals surface area contributed by atoms with Crippen LogP contribution >= 0.6 is 11.6 Å². The molecule has 0 radical (unpaired) electrons. The van der Waals surface area contributed by atoms with E-state index in [2.05, 4.69) is 5.32 Å². The summed E-state index contributed by atoms with van der Waals surface area (Å²) >= 11 is 5.85. The Labute approximate surface area is 128 Å². The Morgan fingerprint density at radius 3 is 2.62 bits per heavy atom. The monoisotopic (exact) mass is 304 g/mol. The molecule has 5 heteroatoms. The van der Waals surface area contributed by atoms with Gasteiger partial charge in [-0.15, -0.1) is 0 Å². The van der Waals surface area contributed by atoms with Crippen molar-refractivity contribution in [2.24, 2.45) is 0 Å². The van der Waals surface area contributed by atoms with Crippen LogP contribution in [-0.4, -0.2) is 19.6 Å². The van der Waals surface area contributed by atoms with Gasteiger partial charge < -0.3 is 15.8 Å².